The minimum Gasteiger partial charge on any atom is -0.494 e. The molecule has 0 bridgehead atoms. The van der Waals surface area contributed by atoms with Crippen molar-refractivity contribution in [3.8, 4) is 5.75 Å². The highest BCUT2D eigenvalue weighted by molar-refractivity contribution is 7.14. The maximum atomic E-state index is 13.9. The molecule has 0 radical (unpaired) electrons. The molecule has 0 spiro atoms. The van der Waals surface area contributed by atoms with Crippen LogP contribution in [0.5, 0.6) is 5.75 Å². The first-order valence-electron chi connectivity index (χ1n) is 5.53. The summed E-state index contributed by atoms with van der Waals surface area (Å²) in [5.41, 5.74) is 0.366. The third kappa shape index (κ3) is 2.59. The molecule has 0 fully saturated rings. The van der Waals surface area contributed by atoms with E-state index in [-0.39, 0.29) is 18.0 Å². The second-order valence-electron chi connectivity index (χ2n) is 3.94. The molecule has 0 amide bonds. The molecule has 0 aliphatic rings. The number of halogens is 1. The molecule has 0 aliphatic heterocycles. The van der Waals surface area contributed by atoms with Crippen molar-refractivity contribution in [3.63, 3.8) is 0 Å². The number of Topliss-reactive ketones (excluding diaryl/α,β-unsaturated/α-hetero) is 1. The highest BCUT2D eigenvalue weighted by Gasteiger charge is 2.14. The van der Waals surface area contributed by atoms with Gasteiger partial charge in [0.05, 0.1) is 12.0 Å². The third-order valence-electron chi connectivity index (χ3n) is 2.63. The summed E-state index contributed by atoms with van der Waals surface area (Å²) in [7, 11) is 1.41. The predicted octanol–water partition coefficient (Wildman–Crippen LogP) is 3.63. The number of carbonyl (C=O) groups excluding carboxylic acids is 1. The number of carbonyl (C=O) groups is 1. The van der Waals surface area contributed by atoms with Crippen LogP contribution in [-0.2, 0) is 6.42 Å². The summed E-state index contributed by atoms with van der Waals surface area (Å²) in [5.74, 6) is -0.357. The van der Waals surface area contributed by atoms with E-state index >= 15 is 0 Å². The molecule has 0 saturated heterocycles. The van der Waals surface area contributed by atoms with Gasteiger partial charge in [-0.3, -0.25) is 4.79 Å². The second kappa shape index (κ2) is 5.31. The van der Waals surface area contributed by atoms with Crippen LogP contribution in [0.1, 0.15) is 20.1 Å². The Labute approximate surface area is 109 Å². The van der Waals surface area contributed by atoms with Gasteiger partial charge in [-0.25, -0.2) is 4.39 Å². The van der Waals surface area contributed by atoms with E-state index in [1.54, 1.807) is 24.3 Å². The maximum absolute atomic E-state index is 13.9. The number of thiophene rings is 1. The maximum Gasteiger partial charge on any atom is 0.177 e. The molecule has 2 rings (SSSR count). The fourth-order valence-electron chi connectivity index (χ4n) is 1.69. The molecule has 2 aromatic rings. The third-order valence-corrected chi connectivity index (χ3v) is 3.67. The van der Waals surface area contributed by atoms with Gasteiger partial charge < -0.3 is 4.74 Å². The number of methoxy groups -OCH3 is 1. The molecular weight excluding hydrogens is 251 g/mol. The van der Waals surface area contributed by atoms with Crippen molar-refractivity contribution in [3.05, 3.63) is 51.5 Å². The number of aryl methyl sites for hydroxylation is 1. The van der Waals surface area contributed by atoms with Crippen molar-refractivity contribution in [1.29, 1.82) is 0 Å². The molecule has 0 atom stereocenters. The molecule has 0 N–H and O–H groups in total. The summed E-state index contributed by atoms with van der Waals surface area (Å²) < 4.78 is 18.8. The van der Waals surface area contributed by atoms with Crippen LogP contribution >= 0.6 is 11.3 Å². The number of rotatable bonds is 4. The lowest BCUT2D eigenvalue weighted by molar-refractivity contribution is 0.0995. The quantitative estimate of drug-likeness (QED) is 0.788. The summed E-state index contributed by atoms with van der Waals surface area (Å²) in [4.78, 5) is 13.7. The molecule has 1 heterocycles. The highest BCUT2D eigenvalue weighted by atomic mass is 32.1. The first-order chi connectivity index (χ1) is 8.61. The van der Waals surface area contributed by atoms with Gasteiger partial charge in [0.2, 0.25) is 0 Å². The minimum atomic E-state index is -0.457. The summed E-state index contributed by atoms with van der Waals surface area (Å²) in [5, 5.41) is 0. The number of ketones is 1. The lowest BCUT2D eigenvalue weighted by Gasteiger charge is -2.06. The van der Waals surface area contributed by atoms with E-state index in [0.29, 0.717) is 10.4 Å². The van der Waals surface area contributed by atoms with Gasteiger partial charge in [-0.15, -0.1) is 11.3 Å². The van der Waals surface area contributed by atoms with Gasteiger partial charge >= 0.3 is 0 Å². The van der Waals surface area contributed by atoms with Crippen LogP contribution in [0.3, 0.4) is 0 Å². The Balaban J connectivity index is 2.22. The fraction of sp³-hybridized carbons (Fsp3) is 0.214. The van der Waals surface area contributed by atoms with Gasteiger partial charge in [0.1, 0.15) is 0 Å². The van der Waals surface area contributed by atoms with Crippen LogP contribution in [0.15, 0.2) is 30.3 Å². The summed E-state index contributed by atoms with van der Waals surface area (Å²) in [6.45, 7) is 1.94. The number of hydrogen-bond donors (Lipinski definition) is 0. The Morgan fingerprint density at radius 1 is 1.33 bits per heavy atom. The van der Waals surface area contributed by atoms with Crippen molar-refractivity contribution in [2.75, 3.05) is 7.11 Å². The van der Waals surface area contributed by atoms with Crippen molar-refractivity contribution < 1.29 is 13.9 Å². The van der Waals surface area contributed by atoms with Gasteiger partial charge in [-0.1, -0.05) is 12.1 Å². The molecule has 0 saturated carbocycles. The second-order valence-corrected chi connectivity index (χ2v) is 5.23. The van der Waals surface area contributed by atoms with Crippen LogP contribution in [-0.4, -0.2) is 12.9 Å². The molecule has 4 heteroatoms. The average Bonchev–Trinajstić information content (AvgIpc) is 2.78. The Kier molecular flexibility index (Phi) is 3.77. The molecule has 0 unspecified atom stereocenters. The summed E-state index contributed by atoms with van der Waals surface area (Å²) in [6.07, 6.45) is 0.0585. The smallest absolute Gasteiger partial charge is 0.177 e. The van der Waals surface area contributed by atoms with E-state index in [4.69, 9.17) is 4.74 Å². The van der Waals surface area contributed by atoms with Gasteiger partial charge in [-0.05, 0) is 30.7 Å². The van der Waals surface area contributed by atoms with E-state index in [0.717, 1.165) is 4.88 Å². The summed E-state index contributed by atoms with van der Waals surface area (Å²) >= 11 is 1.43. The van der Waals surface area contributed by atoms with Crippen molar-refractivity contribution >= 4 is 17.1 Å². The Hall–Kier alpha value is -1.68. The number of benzene rings is 1. The number of ether oxygens (including phenoxy) is 1. The largest absolute Gasteiger partial charge is 0.494 e. The van der Waals surface area contributed by atoms with E-state index in [2.05, 4.69) is 0 Å². The monoisotopic (exact) mass is 264 g/mol. The van der Waals surface area contributed by atoms with E-state index in [9.17, 15) is 9.18 Å². The molecule has 94 valence electrons. The van der Waals surface area contributed by atoms with Crippen molar-refractivity contribution in [2.45, 2.75) is 13.3 Å². The normalized spacial score (nSPS) is 10.4. The van der Waals surface area contributed by atoms with Gasteiger partial charge in [0, 0.05) is 11.3 Å². The van der Waals surface area contributed by atoms with E-state index in [1.165, 1.54) is 18.4 Å². The van der Waals surface area contributed by atoms with Gasteiger partial charge in [0.15, 0.2) is 17.3 Å². The lowest BCUT2D eigenvalue weighted by atomic mass is 10.1. The molecule has 0 aliphatic carbocycles. The zero-order chi connectivity index (χ0) is 13.1. The zero-order valence-corrected chi connectivity index (χ0v) is 11.0. The topological polar surface area (TPSA) is 26.3 Å². The zero-order valence-electron chi connectivity index (χ0n) is 10.2. The van der Waals surface area contributed by atoms with Gasteiger partial charge in [0.25, 0.3) is 0 Å². The van der Waals surface area contributed by atoms with Crippen LogP contribution in [0.4, 0.5) is 4.39 Å². The molecule has 1 aromatic heterocycles. The van der Waals surface area contributed by atoms with Crippen molar-refractivity contribution in [2.24, 2.45) is 0 Å². The lowest BCUT2D eigenvalue weighted by Crippen LogP contribution is -2.04. The SMILES string of the molecule is COc1cccc(CC(=O)c2ccc(C)s2)c1F. The Bertz CT molecular complexity index is 575. The Morgan fingerprint density at radius 2 is 2.11 bits per heavy atom. The van der Waals surface area contributed by atoms with Crippen molar-refractivity contribution in [1.82, 2.24) is 0 Å². The number of hydrogen-bond acceptors (Lipinski definition) is 3. The molecule has 18 heavy (non-hydrogen) atoms. The molecule has 2 nitrogen and oxygen atoms in total. The summed E-state index contributed by atoms with van der Waals surface area (Å²) in [6, 6.07) is 8.50. The van der Waals surface area contributed by atoms with Crippen LogP contribution in [0.2, 0.25) is 0 Å². The van der Waals surface area contributed by atoms with E-state index in [1.807, 2.05) is 13.0 Å². The minimum absolute atomic E-state index is 0.0585. The highest BCUT2D eigenvalue weighted by Crippen LogP contribution is 2.23. The van der Waals surface area contributed by atoms with Crippen LogP contribution < -0.4 is 4.74 Å². The fourth-order valence-corrected chi connectivity index (χ4v) is 2.50. The van der Waals surface area contributed by atoms with Crippen LogP contribution in [0, 0.1) is 12.7 Å². The van der Waals surface area contributed by atoms with Crippen LogP contribution in [0.25, 0.3) is 0 Å². The van der Waals surface area contributed by atoms with E-state index < -0.39 is 5.82 Å². The Morgan fingerprint density at radius 3 is 2.72 bits per heavy atom. The first-order valence-corrected chi connectivity index (χ1v) is 6.34. The van der Waals surface area contributed by atoms with Gasteiger partial charge in [-0.2, -0.15) is 0 Å². The average molecular weight is 264 g/mol. The molecular formula is C14H13FO2S. The molecule has 1 aromatic carbocycles. The first kappa shape index (κ1) is 12.8. The standard InChI is InChI=1S/C14H13FO2S/c1-9-6-7-13(18-9)11(16)8-10-4-3-5-12(17-2)14(10)15/h3-7H,8H2,1-2H3. The predicted molar refractivity (Wildman–Crippen MR) is 70.0 cm³/mol.